The molecule has 3 rings (SSSR count). The largest absolute Gasteiger partial charge is 0.493 e. The summed E-state index contributed by atoms with van der Waals surface area (Å²) in [7, 11) is 3.00. The molecule has 118 valence electrons. The summed E-state index contributed by atoms with van der Waals surface area (Å²) in [5.41, 5.74) is 2.80. The van der Waals surface area contributed by atoms with E-state index in [2.05, 4.69) is 15.3 Å². The van der Waals surface area contributed by atoms with Gasteiger partial charge in [0.15, 0.2) is 11.5 Å². The molecule has 0 fully saturated rings. The normalized spacial score (nSPS) is 10.6. The highest BCUT2D eigenvalue weighted by Crippen LogP contribution is 2.30. The Balaban J connectivity index is 1.88. The zero-order chi connectivity index (χ0) is 16.2. The number of anilines is 1. The summed E-state index contributed by atoms with van der Waals surface area (Å²) in [4.78, 5) is 8.56. The summed E-state index contributed by atoms with van der Waals surface area (Å²) in [5, 5.41) is 3.19. The molecule has 2 aromatic heterocycles. The van der Waals surface area contributed by atoms with Crippen LogP contribution in [-0.2, 0) is 6.54 Å². The summed E-state index contributed by atoms with van der Waals surface area (Å²) >= 11 is 0. The van der Waals surface area contributed by atoms with Crippen molar-refractivity contribution in [3.63, 3.8) is 0 Å². The first-order valence-corrected chi connectivity index (χ1v) is 7.07. The minimum atomic E-state index is -0.360. The minimum absolute atomic E-state index is 0.294. The van der Waals surface area contributed by atoms with Gasteiger partial charge in [0.05, 0.1) is 25.4 Å². The van der Waals surface area contributed by atoms with Crippen molar-refractivity contribution in [2.45, 2.75) is 6.54 Å². The molecular weight excluding hydrogens is 297 g/mol. The number of pyridine rings is 2. The van der Waals surface area contributed by atoms with Crippen LogP contribution in [-0.4, -0.2) is 24.2 Å². The summed E-state index contributed by atoms with van der Waals surface area (Å²) in [6.45, 7) is 0.294. The summed E-state index contributed by atoms with van der Waals surface area (Å²) in [5.74, 6) is 0.495. The van der Waals surface area contributed by atoms with Gasteiger partial charge < -0.3 is 14.8 Å². The Morgan fingerprint density at radius 1 is 1.04 bits per heavy atom. The van der Waals surface area contributed by atoms with Crippen LogP contribution in [0.3, 0.4) is 0 Å². The van der Waals surface area contributed by atoms with E-state index in [1.54, 1.807) is 18.5 Å². The lowest BCUT2D eigenvalue weighted by atomic mass is 10.1. The van der Waals surface area contributed by atoms with Crippen molar-refractivity contribution in [1.82, 2.24) is 9.97 Å². The molecule has 0 atom stereocenters. The second-order valence-electron chi connectivity index (χ2n) is 4.88. The van der Waals surface area contributed by atoms with E-state index in [0.29, 0.717) is 23.6 Å². The van der Waals surface area contributed by atoms with Crippen molar-refractivity contribution in [2.24, 2.45) is 0 Å². The van der Waals surface area contributed by atoms with Gasteiger partial charge in [-0.3, -0.25) is 9.97 Å². The molecule has 0 saturated heterocycles. The van der Waals surface area contributed by atoms with Crippen molar-refractivity contribution in [3.8, 4) is 11.5 Å². The molecule has 0 unspecified atom stereocenters. The van der Waals surface area contributed by atoms with Crippen LogP contribution in [0.4, 0.5) is 10.1 Å². The van der Waals surface area contributed by atoms with E-state index in [9.17, 15) is 4.39 Å². The van der Waals surface area contributed by atoms with Crippen LogP contribution in [0.2, 0.25) is 0 Å². The first kappa shape index (κ1) is 15.0. The van der Waals surface area contributed by atoms with Crippen LogP contribution >= 0.6 is 0 Å². The molecule has 23 heavy (non-hydrogen) atoms. The van der Waals surface area contributed by atoms with Crippen LogP contribution in [0.25, 0.3) is 11.0 Å². The number of benzene rings is 1. The standard InChI is InChI=1S/C17H16FN3O2/c1-22-15-8-11(12(18)9-16(15)23-2)10-21-14-5-7-19-13-4-3-6-20-17(13)14/h3-9H,10H2,1-2H3,(H,19,21). The first-order valence-electron chi connectivity index (χ1n) is 7.07. The highest BCUT2D eigenvalue weighted by atomic mass is 19.1. The molecule has 5 nitrogen and oxygen atoms in total. The number of rotatable bonds is 5. The molecule has 0 spiro atoms. The third-order valence-corrected chi connectivity index (χ3v) is 3.52. The van der Waals surface area contributed by atoms with Gasteiger partial charge in [0.1, 0.15) is 11.3 Å². The Morgan fingerprint density at radius 3 is 2.61 bits per heavy atom. The van der Waals surface area contributed by atoms with Crippen LogP contribution in [0.5, 0.6) is 11.5 Å². The van der Waals surface area contributed by atoms with Gasteiger partial charge in [-0.05, 0) is 24.3 Å². The number of nitrogens with zero attached hydrogens (tertiary/aromatic N) is 2. The fourth-order valence-corrected chi connectivity index (χ4v) is 2.34. The Hall–Kier alpha value is -2.89. The van der Waals surface area contributed by atoms with Gasteiger partial charge in [-0.2, -0.15) is 0 Å². The SMILES string of the molecule is COc1cc(F)c(CNc2ccnc3cccnc23)cc1OC. The highest BCUT2D eigenvalue weighted by Gasteiger charge is 2.11. The quantitative estimate of drug-likeness (QED) is 0.782. The topological polar surface area (TPSA) is 56.3 Å². The van der Waals surface area contributed by atoms with Gasteiger partial charge in [0.2, 0.25) is 0 Å². The molecule has 0 radical (unpaired) electrons. The molecule has 0 aliphatic carbocycles. The zero-order valence-electron chi connectivity index (χ0n) is 12.8. The first-order chi connectivity index (χ1) is 11.2. The number of fused-ring (bicyclic) bond motifs is 1. The molecule has 6 heteroatoms. The van der Waals surface area contributed by atoms with Crippen molar-refractivity contribution in [3.05, 3.63) is 54.1 Å². The molecule has 0 amide bonds. The summed E-state index contributed by atoms with van der Waals surface area (Å²) in [6.07, 6.45) is 3.39. The number of halogens is 1. The van der Waals surface area contributed by atoms with Crippen molar-refractivity contribution in [2.75, 3.05) is 19.5 Å². The second kappa shape index (κ2) is 6.48. The average molecular weight is 313 g/mol. The number of aromatic nitrogens is 2. The van der Waals surface area contributed by atoms with Crippen molar-refractivity contribution in [1.29, 1.82) is 0 Å². The molecule has 1 N–H and O–H groups in total. The lowest BCUT2D eigenvalue weighted by molar-refractivity contribution is 0.351. The van der Waals surface area contributed by atoms with Gasteiger partial charge in [-0.1, -0.05) is 0 Å². The van der Waals surface area contributed by atoms with Gasteiger partial charge in [-0.15, -0.1) is 0 Å². The Bertz CT molecular complexity index is 834. The van der Waals surface area contributed by atoms with E-state index in [1.807, 2.05) is 18.2 Å². The number of nitrogens with one attached hydrogen (secondary N) is 1. The monoisotopic (exact) mass is 313 g/mol. The van der Waals surface area contributed by atoms with E-state index in [-0.39, 0.29) is 5.82 Å². The maximum atomic E-state index is 14.2. The van der Waals surface area contributed by atoms with Crippen LogP contribution in [0, 0.1) is 5.82 Å². The fraction of sp³-hybridized carbons (Fsp3) is 0.176. The Morgan fingerprint density at radius 2 is 1.83 bits per heavy atom. The third kappa shape index (κ3) is 3.01. The summed E-state index contributed by atoms with van der Waals surface area (Å²) < 4.78 is 24.5. The maximum Gasteiger partial charge on any atom is 0.163 e. The molecular formula is C17H16FN3O2. The molecule has 0 saturated carbocycles. The molecule has 0 aliphatic rings. The van der Waals surface area contributed by atoms with Gasteiger partial charge >= 0.3 is 0 Å². The second-order valence-corrected chi connectivity index (χ2v) is 4.88. The number of hydrogen-bond acceptors (Lipinski definition) is 5. The van der Waals surface area contributed by atoms with Crippen molar-refractivity contribution >= 4 is 16.7 Å². The van der Waals surface area contributed by atoms with Crippen LogP contribution < -0.4 is 14.8 Å². The highest BCUT2D eigenvalue weighted by molar-refractivity contribution is 5.86. The average Bonchev–Trinajstić information content (AvgIpc) is 2.60. The van der Waals surface area contributed by atoms with Gasteiger partial charge in [0.25, 0.3) is 0 Å². The lowest BCUT2D eigenvalue weighted by Crippen LogP contribution is -2.04. The predicted octanol–water partition coefficient (Wildman–Crippen LogP) is 3.40. The van der Waals surface area contributed by atoms with Gasteiger partial charge in [0, 0.05) is 30.6 Å². The molecule has 0 aliphatic heterocycles. The van der Waals surface area contributed by atoms with E-state index in [4.69, 9.17) is 9.47 Å². The molecule has 3 aromatic rings. The smallest absolute Gasteiger partial charge is 0.163 e. The van der Waals surface area contributed by atoms with Crippen LogP contribution in [0.15, 0.2) is 42.7 Å². The van der Waals surface area contributed by atoms with Crippen molar-refractivity contribution < 1.29 is 13.9 Å². The third-order valence-electron chi connectivity index (χ3n) is 3.52. The Kier molecular flexibility index (Phi) is 4.23. The number of methoxy groups -OCH3 is 2. The molecule has 1 aromatic carbocycles. The molecule has 2 heterocycles. The Labute approximate surface area is 133 Å². The number of hydrogen-bond donors (Lipinski definition) is 1. The zero-order valence-corrected chi connectivity index (χ0v) is 12.8. The van der Waals surface area contributed by atoms with E-state index in [0.717, 1.165) is 16.7 Å². The van der Waals surface area contributed by atoms with E-state index in [1.165, 1.54) is 20.3 Å². The molecule has 0 bridgehead atoms. The minimum Gasteiger partial charge on any atom is -0.493 e. The van der Waals surface area contributed by atoms with E-state index >= 15 is 0 Å². The summed E-state index contributed by atoms with van der Waals surface area (Å²) in [6, 6.07) is 8.46. The van der Waals surface area contributed by atoms with Gasteiger partial charge in [-0.25, -0.2) is 4.39 Å². The fourth-order valence-electron chi connectivity index (χ4n) is 2.34. The number of ether oxygens (including phenoxy) is 2. The van der Waals surface area contributed by atoms with Crippen LogP contribution in [0.1, 0.15) is 5.56 Å². The lowest BCUT2D eigenvalue weighted by Gasteiger charge is -2.13. The maximum absolute atomic E-state index is 14.2. The van der Waals surface area contributed by atoms with E-state index < -0.39 is 0 Å². The predicted molar refractivity (Wildman–Crippen MR) is 86.4 cm³/mol.